The van der Waals surface area contributed by atoms with Gasteiger partial charge in [0.2, 0.25) is 5.91 Å². The maximum absolute atomic E-state index is 11.5. The summed E-state index contributed by atoms with van der Waals surface area (Å²) in [5, 5.41) is 11.6. The highest BCUT2D eigenvalue weighted by molar-refractivity contribution is 7.99. The number of amides is 1. The van der Waals surface area contributed by atoms with E-state index < -0.39 is 0 Å². The van der Waals surface area contributed by atoms with E-state index in [2.05, 4.69) is 21.4 Å². The first-order chi connectivity index (χ1) is 10.1. The number of hydrogen-bond donors (Lipinski definition) is 1. The maximum atomic E-state index is 11.5. The molecule has 0 unspecified atom stereocenters. The van der Waals surface area contributed by atoms with Gasteiger partial charge < -0.3 is 9.88 Å². The number of nitrogens with one attached hydrogen (secondary N) is 1. The number of nitrogens with zero attached hydrogens (tertiary/aromatic N) is 3. The van der Waals surface area contributed by atoms with Gasteiger partial charge in [0.05, 0.1) is 12.3 Å². The van der Waals surface area contributed by atoms with Gasteiger partial charge in [0.1, 0.15) is 0 Å². The lowest BCUT2D eigenvalue weighted by atomic mass is 10.1. The standard InChI is InChI=1S/C15H16N4OS/c1-4-9-16-13(20)10-21-15-18-17-14(19(15)3)12-7-5-11(2)6-8-12/h1,5-8H,9-10H2,2-3H3,(H,16,20). The summed E-state index contributed by atoms with van der Waals surface area (Å²) in [5.74, 6) is 3.30. The Morgan fingerprint density at radius 3 is 2.76 bits per heavy atom. The molecule has 108 valence electrons. The number of rotatable bonds is 5. The van der Waals surface area contributed by atoms with Crippen LogP contribution in [0.4, 0.5) is 0 Å². The van der Waals surface area contributed by atoms with E-state index in [1.807, 2.05) is 42.8 Å². The van der Waals surface area contributed by atoms with Crippen molar-refractivity contribution in [2.24, 2.45) is 7.05 Å². The summed E-state index contributed by atoms with van der Waals surface area (Å²) < 4.78 is 1.88. The van der Waals surface area contributed by atoms with Crippen LogP contribution in [-0.4, -0.2) is 33.0 Å². The Morgan fingerprint density at radius 1 is 1.38 bits per heavy atom. The molecule has 0 fully saturated rings. The third kappa shape index (κ3) is 3.86. The fourth-order valence-electron chi connectivity index (χ4n) is 1.73. The zero-order chi connectivity index (χ0) is 15.2. The number of hydrogen-bond acceptors (Lipinski definition) is 4. The van der Waals surface area contributed by atoms with Crippen LogP contribution in [0.2, 0.25) is 0 Å². The predicted octanol–water partition coefficient (Wildman–Crippen LogP) is 1.63. The van der Waals surface area contributed by atoms with Crippen LogP contribution in [0.3, 0.4) is 0 Å². The van der Waals surface area contributed by atoms with E-state index in [4.69, 9.17) is 6.42 Å². The molecule has 5 nitrogen and oxygen atoms in total. The molecule has 1 aromatic carbocycles. The van der Waals surface area contributed by atoms with Gasteiger partial charge in [0.25, 0.3) is 0 Å². The van der Waals surface area contributed by atoms with Gasteiger partial charge in [-0.15, -0.1) is 16.6 Å². The van der Waals surface area contributed by atoms with Crippen molar-refractivity contribution < 1.29 is 4.79 Å². The highest BCUT2D eigenvalue weighted by Gasteiger charge is 2.12. The fourth-order valence-corrected chi connectivity index (χ4v) is 2.47. The summed E-state index contributed by atoms with van der Waals surface area (Å²) in [5.41, 5.74) is 2.19. The fraction of sp³-hybridized carbons (Fsp3) is 0.267. The molecule has 2 rings (SSSR count). The van der Waals surface area contributed by atoms with Gasteiger partial charge in [-0.25, -0.2) is 0 Å². The normalized spacial score (nSPS) is 10.1. The van der Waals surface area contributed by atoms with Crippen LogP contribution in [-0.2, 0) is 11.8 Å². The summed E-state index contributed by atoms with van der Waals surface area (Å²) in [7, 11) is 1.89. The van der Waals surface area contributed by atoms with Crippen LogP contribution < -0.4 is 5.32 Å². The SMILES string of the molecule is C#CCNC(=O)CSc1nnc(-c2ccc(C)cc2)n1C. The number of carbonyl (C=O) groups excluding carboxylic acids is 1. The Morgan fingerprint density at radius 2 is 2.10 bits per heavy atom. The highest BCUT2D eigenvalue weighted by Crippen LogP contribution is 2.22. The van der Waals surface area contributed by atoms with E-state index in [-0.39, 0.29) is 18.2 Å². The Labute approximate surface area is 128 Å². The van der Waals surface area contributed by atoms with Gasteiger partial charge in [-0.1, -0.05) is 47.5 Å². The van der Waals surface area contributed by atoms with Crippen molar-refractivity contribution in [2.45, 2.75) is 12.1 Å². The molecule has 1 amide bonds. The third-order valence-electron chi connectivity index (χ3n) is 2.86. The number of terminal acetylenes is 1. The second kappa shape index (κ2) is 6.95. The molecule has 1 heterocycles. The molecule has 0 radical (unpaired) electrons. The molecular weight excluding hydrogens is 284 g/mol. The molecule has 1 N–H and O–H groups in total. The van der Waals surface area contributed by atoms with Crippen LogP contribution in [0, 0.1) is 19.3 Å². The molecular formula is C15H16N4OS. The molecule has 0 spiro atoms. The van der Waals surface area contributed by atoms with Gasteiger partial charge in [-0.3, -0.25) is 4.79 Å². The topological polar surface area (TPSA) is 59.8 Å². The zero-order valence-corrected chi connectivity index (χ0v) is 12.8. The molecule has 6 heteroatoms. The number of carbonyl (C=O) groups is 1. The van der Waals surface area contributed by atoms with E-state index in [1.165, 1.54) is 17.3 Å². The van der Waals surface area contributed by atoms with Crippen molar-refractivity contribution in [3.8, 4) is 23.7 Å². The number of benzene rings is 1. The van der Waals surface area contributed by atoms with Gasteiger partial charge in [-0.2, -0.15) is 0 Å². The first-order valence-corrected chi connectivity index (χ1v) is 7.39. The van der Waals surface area contributed by atoms with Crippen LogP contribution in [0.15, 0.2) is 29.4 Å². The molecule has 0 aliphatic carbocycles. The molecule has 2 aromatic rings. The first kappa shape index (κ1) is 15.1. The lowest BCUT2D eigenvalue weighted by Crippen LogP contribution is -2.25. The first-order valence-electron chi connectivity index (χ1n) is 6.41. The molecule has 21 heavy (non-hydrogen) atoms. The molecule has 0 bridgehead atoms. The van der Waals surface area contributed by atoms with Gasteiger partial charge >= 0.3 is 0 Å². The molecule has 0 aliphatic heterocycles. The Balaban J connectivity index is 2.05. The van der Waals surface area contributed by atoms with Crippen LogP contribution in [0.5, 0.6) is 0 Å². The third-order valence-corrected chi connectivity index (χ3v) is 3.88. The van der Waals surface area contributed by atoms with Crippen molar-refractivity contribution >= 4 is 17.7 Å². The molecule has 0 saturated carbocycles. The number of aromatic nitrogens is 3. The smallest absolute Gasteiger partial charge is 0.231 e. The molecule has 0 atom stereocenters. The highest BCUT2D eigenvalue weighted by atomic mass is 32.2. The predicted molar refractivity (Wildman–Crippen MR) is 83.7 cm³/mol. The largest absolute Gasteiger partial charge is 0.344 e. The summed E-state index contributed by atoms with van der Waals surface area (Å²) in [6, 6.07) is 8.08. The van der Waals surface area contributed by atoms with E-state index in [1.54, 1.807) is 0 Å². The minimum Gasteiger partial charge on any atom is -0.344 e. The quantitative estimate of drug-likeness (QED) is 0.673. The average molecular weight is 300 g/mol. The zero-order valence-electron chi connectivity index (χ0n) is 12.0. The second-order valence-corrected chi connectivity index (χ2v) is 5.44. The minimum absolute atomic E-state index is 0.113. The van der Waals surface area contributed by atoms with E-state index >= 15 is 0 Å². The van der Waals surface area contributed by atoms with E-state index in [9.17, 15) is 4.79 Å². The maximum Gasteiger partial charge on any atom is 0.231 e. The summed E-state index contributed by atoms with van der Waals surface area (Å²) in [6.07, 6.45) is 5.09. The minimum atomic E-state index is -0.113. The molecule has 0 saturated heterocycles. The lowest BCUT2D eigenvalue weighted by molar-refractivity contribution is -0.118. The van der Waals surface area contributed by atoms with E-state index in [0.717, 1.165) is 11.4 Å². The van der Waals surface area contributed by atoms with Gasteiger partial charge in [0.15, 0.2) is 11.0 Å². The Bertz CT molecular complexity index is 670. The van der Waals surface area contributed by atoms with Crippen LogP contribution in [0.25, 0.3) is 11.4 Å². The van der Waals surface area contributed by atoms with Crippen LogP contribution in [0.1, 0.15) is 5.56 Å². The van der Waals surface area contributed by atoms with Crippen LogP contribution >= 0.6 is 11.8 Å². The monoisotopic (exact) mass is 300 g/mol. The van der Waals surface area contributed by atoms with E-state index in [0.29, 0.717) is 5.16 Å². The summed E-state index contributed by atoms with van der Waals surface area (Å²) in [4.78, 5) is 11.5. The van der Waals surface area contributed by atoms with Crippen molar-refractivity contribution in [2.75, 3.05) is 12.3 Å². The Kier molecular flexibility index (Phi) is 5.01. The van der Waals surface area contributed by atoms with Gasteiger partial charge in [0, 0.05) is 12.6 Å². The number of thioether (sulfide) groups is 1. The molecule has 1 aromatic heterocycles. The molecule has 0 aliphatic rings. The van der Waals surface area contributed by atoms with Crippen molar-refractivity contribution in [1.29, 1.82) is 0 Å². The van der Waals surface area contributed by atoms with Crippen molar-refractivity contribution in [3.05, 3.63) is 29.8 Å². The van der Waals surface area contributed by atoms with Crippen molar-refractivity contribution in [3.63, 3.8) is 0 Å². The van der Waals surface area contributed by atoms with Crippen molar-refractivity contribution in [1.82, 2.24) is 20.1 Å². The average Bonchev–Trinajstić information content (AvgIpc) is 2.85. The summed E-state index contributed by atoms with van der Waals surface area (Å²) >= 11 is 1.33. The Hall–Kier alpha value is -2.26. The number of aryl methyl sites for hydroxylation is 1. The lowest BCUT2D eigenvalue weighted by Gasteiger charge is -2.04. The van der Waals surface area contributed by atoms with Gasteiger partial charge in [-0.05, 0) is 6.92 Å². The second-order valence-electron chi connectivity index (χ2n) is 4.50. The summed E-state index contributed by atoms with van der Waals surface area (Å²) in [6.45, 7) is 2.28.